The number of methoxy groups -OCH3 is 1. The second kappa shape index (κ2) is 7.90. The van der Waals surface area contributed by atoms with Gasteiger partial charge >= 0.3 is 0 Å². The smallest absolute Gasteiger partial charge is 0.126 e. The van der Waals surface area contributed by atoms with Crippen LogP contribution in [0.1, 0.15) is 56.2 Å². The third kappa shape index (κ3) is 4.04. The van der Waals surface area contributed by atoms with Crippen LogP contribution in [-0.2, 0) is 4.74 Å². The van der Waals surface area contributed by atoms with Gasteiger partial charge in [0.15, 0.2) is 0 Å². The monoisotopic (exact) mass is 293 g/mol. The highest BCUT2D eigenvalue weighted by molar-refractivity contribution is 5.27. The lowest BCUT2D eigenvalue weighted by molar-refractivity contribution is 0.00789. The predicted molar refractivity (Wildman–Crippen MR) is 84.9 cm³/mol. The Balaban J connectivity index is 2.23. The molecule has 2 atom stereocenters. The minimum Gasteiger partial charge on any atom is -0.379 e. The summed E-state index contributed by atoms with van der Waals surface area (Å²) in [6.07, 6.45) is 6.57. The van der Waals surface area contributed by atoms with Crippen LogP contribution in [0.15, 0.2) is 18.2 Å². The van der Waals surface area contributed by atoms with Crippen molar-refractivity contribution >= 4 is 0 Å². The minimum absolute atomic E-state index is 0.138. The normalized spacial score (nSPS) is 19.4. The molecular weight excluding hydrogens is 265 g/mol. The van der Waals surface area contributed by atoms with E-state index < -0.39 is 0 Å². The molecule has 0 spiro atoms. The van der Waals surface area contributed by atoms with Crippen LogP contribution in [0, 0.1) is 18.7 Å². The number of rotatable bonds is 6. The van der Waals surface area contributed by atoms with Gasteiger partial charge in [-0.05, 0) is 49.4 Å². The van der Waals surface area contributed by atoms with Crippen molar-refractivity contribution in [2.45, 2.75) is 58.1 Å². The predicted octanol–water partition coefficient (Wildman–Crippen LogP) is 4.38. The van der Waals surface area contributed by atoms with E-state index in [4.69, 9.17) is 4.74 Å². The Morgan fingerprint density at radius 2 is 2.00 bits per heavy atom. The molecule has 2 unspecified atom stereocenters. The second-order valence-corrected chi connectivity index (χ2v) is 6.14. The molecule has 0 saturated heterocycles. The van der Waals surface area contributed by atoms with E-state index in [1.54, 1.807) is 13.2 Å². The van der Waals surface area contributed by atoms with E-state index in [1.165, 1.54) is 32.1 Å². The molecule has 1 aromatic carbocycles. The molecule has 1 N–H and O–H groups in total. The third-order valence-corrected chi connectivity index (χ3v) is 4.68. The molecule has 0 heterocycles. The molecule has 1 saturated carbocycles. The lowest BCUT2D eigenvalue weighted by Gasteiger charge is -2.35. The Labute approximate surface area is 128 Å². The number of hydrogen-bond donors (Lipinski definition) is 1. The Bertz CT molecular complexity index is 443. The van der Waals surface area contributed by atoms with Gasteiger partial charge in [-0.3, -0.25) is 0 Å². The topological polar surface area (TPSA) is 21.3 Å². The average Bonchev–Trinajstić information content (AvgIpc) is 2.51. The maximum absolute atomic E-state index is 13.5. The van der Waals surface area contributed by atoms with Gasteiger partial charge in [0.25, 0.3) is 0 Å². The van der Waals surface area contributed by atoms with Crippen LogP contribution in [0.5, 0.6) is 0 Å². The van der Waals surface area contributed by atoms with Crippen molar-refractivity contribution in [3.63, 3.8) is 0 Å². The van der Waals surface area contributed by atoms with Crippen LogP contribution in [0.4, 0.5) is 4.39 Å². The Morgan fingerprint density at radius 3 is 2.57 bits per heavy atom. The summed E-state index contributed by atoms with van der Waals surface area (Å²) in [6, 6.07) is 5.56. The van der Waals surface area contributed by atoms with Gasteiger partial charge in [-0.25, -0.2) is 4.39 Å². The number of nitrogens with one attached hydrogen (secondary N) is 1. The molecule has 1 aliphatic rings. The Morgan fingerprint density at radius 1 is 1.29 bits per heavy atom. The summed E-state index contributed by atoms with van der Waals surface area (Å²) in [6.45, 7) is 4.81. The molecule has 0 aromatic heterocycles. The van der Waals surface area contributed by atoms with E-state index in [-0.39, 0.29) is 18.0 Å². The number of benzene rings is 1. The van der Waals surface area contributed by atoms with E-state index >= 15 is 0 Å². The van der Waals surface area contributed by atoms with Crippen molar-refractivity contribution in [2.75, 3.05) is 13.7 Å². The lowest BCUT2D eigenvalue weighted by atomic mass is 9.80. The molecule has 3 heteroatoms. The molecule has 2 rings (SSSR count). The third-order valence-electron chi connectivity index (χ3n) is 4.68. The van der Waals surface area contributed by atoms with Crippen LogP contribution in [0.3, 0.4) is 0 Å². The highest BCUT2D eigenvalue weighted by Crippen LogP contribution is 2.34. The van der Waals surface area contributed by atoms with Crippen molar-refractivity contribution in [2.24, 2.45) is 5.92 Å². The summed E-state index contributed by atoms with van der Waals surface area (Å²) in [4.78, 5) is 0. The molecule has 2 nitrogen and oxygen atoms in total. The molecule has 0 amide bonds. The highest BCUT2D eigenvalue weighted by Gasteiger charge is 2.31. The van der Waals surface area contributed by atoms with E-state index in [0.29, 0.717) is 11.5 Å². The van der Waals surface area contributed by atoms with Crippen LogP contribution in [0.2, 0.25) is 0 Å². The van der Waals surface area contributed by atoms with Crippen LogP contribution >= 0.6 is 0 Å². The zero-order chi connectivity index (χ0) is 15.2. The SMILES string of the molecule is CCNC(c1ccc(F)c(C)c1)C(OC)C1CCCCC1. The van der Waals surface area contributed by atoms with Crippen molar-refractivity contribution in [1.29, 1.82) is 0 Å². The fraction of sp³-hybridized carbons (Fsp3) is 0.667. The molecule has 1 aromatic rings. The fourth-order valence-corrected chi connectivity index (χ4v) is 3.57. The van der Waals surface area contributed by atoms with Crippen molar-refractivity contribution < 1.29 is 9.13 Å². The van der Waals surface area contributed by atoms with Crippen LogP contribution in [-0.4, -0.2) is 19.8 Å². The van der Waals surface area contributed by atoms with Crippen molar-refractivity contribution in [1.82, 2.24) is 5.32 Å². The molecule has 0 bridgehead atoms. The molecule has 118 valence electrons. The highest BCUT2D eigenvalue weighted by atomic mass is 19.1. The Hall–Kier alpha value is -0.930. The van der Waals surface area contributed by atoms with Gasteiger partial charge in [0.1, 0.15) is 5.82 Å². The fourth-order valence-electron chi connectivity index (χ4n) is 3.57. The summed E-state index contributed by atoms with van der Waals surface area (Å²) < 4.78 is 19.4. The van der Waals surface area contributed by atoms with Crippen molar-refractivity contribution in [3.05, 3.63) is 35.1 Å². The largest absolute Gasteiger partial charge is 0.379 e. The standard InChI is InChI=1S/C18H28FNO/c1-4-20-17(15-10-11-16(19)13(2)12-15)18(21-3)14-8-6-5-7-9-14/h10-12,14,17-18,20H,4-9H2,1-3H3. The first-order valence-corrected chi connectivity index (χ1v) is 8.19. The molecule has 1 aliphatic carbocycles. The van der Waals surface area contributed by atoms with E-state index in [0.717, 1.165) is 12.1 Å². The van der Waals surface area contributed by atoms with Gasteiger partial charge < -0.3 is 10.1 Å². The summed E-state index contributed by atoms with van der Waals surface area (Å²) in [5, 5.41) is 3.55. The van der Waals surface area contributed by atoms with Crippen molar-refractivity contribution in [3.8, 4) is 0 Å². The van der Waals surface area contributed by atoms with E-state index in [2.05, 4.69) is 12.2 Å². The number of ether oxygens (including phenoxy) is 1. The zero-order valence-corrected chi connectivity index (χ0v) is 13.5. The lowest BCUT2D eigenvalue weighted by Crippen LogP contribution is -2.39. The first-order valence-electron chi connectivity index (χ1n) is 8.19. The van der Waals surface area contributed by atoms with Crippen LogP contribution in [0.25, 0.3) is 0 Å². The Kier molecular flexibility index (Phi) is 6.19. The van der Waals surface area contributed by atoms with Crippen LogP contribution < -0.4 is 5.32 Å². The maximum Gasteiger partial charge on any atom is 0.126 e. The zero-order valence-electron chi connectivity index (χ0n) is 13.5. The quantitative estimate of drug-likeness (QED) is 0.840. The first-order chi connectivity index (χ1) is 10.2. The second-order valence-electron chi connectivity index (χ2n) is 6.14. The molecule has 21 heavy (non-hydrogen) atoms. The number of hydrogen-bond acceptors (Lipinski definition) is 2. The van der Waals surface area contributed by atoms with Gasteiger partial charge in [0.05, 0.1) is 12.1 Å². The number of likely N-dealkylation sites (N-methyl/N-ethyl adjacent to an activating group) is 1. The maximum atomic E-state index is 13.5. The molecular formula is C18H28FNO. The van der Waals surface area contributed by atoms with E-state index in [9.17, 15) is 4.39 Å². The number of halogens is 1. The summed E-state index contributed by atoms with van der Waals surface area (Å²) in [7, 11) is 1.81. The summed E-state index contributed by atoms with van der Waals surface area (Å²) >= 11 is 0. The van der Waals surface area contributed by atoms with Gasteiger partial charge in [0.2, 0.25) is 0 Å². The molecule has 0 aliphatic heterocycles. The van der Waals surface area contributed by atoms with E-state index in [1.807, 2.05) is 19.1 Å². The van der Waals surface area contributed by atoms with Gasteiger partial charge in [-0.1, -0.05) is 38.3 Å². The molecule has 0 radical (unpaired) electrons. The number of aryl methyl sites for hydroxylation is 1. The minimum atomic E-state index is -0.138. The van der Waals surface area contributed by atoms with Gasteiger partial charge in [-0.2, -0.15) is 0 Å². The van der Waals surface area contributed by atoms with Gasteiger partial charge in [-0.15, -0.1) is 0 Å². The van der Waals surface area contributed by atoms with Gasteiger partial charge in [0, 0.05) is 7.11 Å². The average molecular weight is 293 g/mol. The summed E-state index contributed by atoms with van der Waals surface area (Å²) in [5.41, 5.74) is 1.84. The first kappa shape index (κ1) is 16.4. The molecule has 1 fully saturated rings. The summed E-state index contributed by atoms with van der Waals surface area (Å²) in [5.74, 6) is 0.457.